The van der Waals surface area contributed by atoms with Gasteiger partial charge in [0.05, 0.1) is 11.8 Å². The first-order chi connectivity index (χ1) is 7.94. The normalized spacial score (nSPS) is 31.9. The maximum atomic E-state index is 12.0. The van der Waals surface area contributed by atoms with Gasteiger partial charge in [0.1, 0.15) is 0 Å². The number of thioether (sulfide) groups is 1. The van der Waals surface area contributed by atoms with E-state index in [0.29, 0.717) is 0 Å². The fourth-order valence-electron chi connectivity index (χ4n) is 2.72. The second-order valence-electron chi connectivity index (χ2n) is 5.51. The van der Waals surface area contributed by atoms with Gasteiger partial charge in [-0.15, -0.1) is 0 Å². The second-order valence-corrected chi connectivity index (χ2v) is 6.73. The smallest absolute Gasteiger partial charge is 0.307 e. The van der Waals surface area contributed by atoms with Crippen LogP contribution >= 0.6 is 11.8 Å². The zero-order chi connectivity index (χ0) is 12.6. The van der Waals surface area contributed by atoms with Crippen molar-refractivity contribution in [3.05, 3.63) is 0 Å². The Morgan fingerprint density at radius 2 is 1.82 bits per heavy atom. The summed E-state index contributed by atoms with van der Waals surface area (Å²) in [5.41, 5.74) is -0.390. The maximum Gasteiger partial charge on any atom is 0.307 e. The summed E-state index contributed by atoms with van der Waals surface area (Å²) in [6.07, 6.45) is 2.00. The molecule has 0 aromatic heterocycles. The first-order valence-electron chi connectivity index (χ1n) is 6.05. The number of rotatable bonds is 3. The number of carbonyl (C=O) groups is 2. The third-order valence-corrected chi connectivity index (χ3v) is 4.99. The summed E-state index contributed by atoms with van der Waals surface area (Å²) in [4.78, 5) is 23.0. The fourth-order valence-corrected chi connectivity index (χ4v) is 3.83. The molecule has 17 heavy (non-hydrogen) atoms. The number of carboxylic acids is 1. The van der Waals surface area contributed by atoms with Crippen molar-refractivity contribution in [2.24, 2.45) is 17.3 Å². The second kappa shape index (κ2) is 4.52. The number of amides is 1. The lowest BCUT2D eigenvalue weighted by atomic mass is 10.1. The predicted octanol–water partition coefficient (Wildman–Crippen LogP) is 1.35. The Morgan fingerprint density at radius 3 is 2.29 bits per heavy atom. The van der Waals surface area contributed by atoms with E-state index in [0.717, 1.165) is 24.3 Å². The highest BCUT2D eigenvalue weighted by Crippen LogP contribution is 2.58. The largest absolute Gasteiger partial charge is 0.481 e. The quantitative estimate of drug-likeness (QED) is 0.801. The van der Waals surface area contributed by atoms with Gasteiger partial charge in [-0.05, 0) is 29.8 Å². The number of hydrogen-bond acceptors (Lipinski definition) is 3. The van der Waals surface area contributed by atoms with Crippen LogP contribution in [0, 0.1) is 17.3 Å². The van der Waals surface area contributed by atoms with Gasteiger partial charge in [-0.2, -0.15) is 11.8 Å². The van der Waals surface area contributed by atoms with Gasteiger partial charge < -0.3 is 10.4 Å². The Hall–Kier alpha value is -0.710. The van der Waals surface area contributed by atoms with E-state index in [1.54, 1.807) is 0 Å². The standard InChI is InChI=1S/C12H19NO3S/c1-12(2)8(9(12)11(15)16)10(14)13-7-3-5-17-6-4-7/h7-9H,3-6H2,1-2H3,(H,13,14)(H,15,16). The third-order valence-electron chi connectivity index (χ3n) is 3.94. The van der Waals surface area contributed by atoms with E-state index in [9.17, 15) is 9.59 Å². The van der Waals surface area contributed by atoms with Crippen LogP contribution in [0.15, 0.2) is 0 Å². The Bertz CT molecular complexity index is 337. The minimum absolute atomic E-state index is 0.0701. The number of carbonyl (C=O) groups excluding carboxylic acids is 1. The van der Waals surface area contributed by atoms with Gasteiger partial charge in [0, 0.05) is 6.04 Å². The molecule has 1 amide bonds. The monoisotopic (exact) mass is 257 g/mol. The van der Waals surface area contributed by atoms with Crippen molar-refractivity contribution in [3.8, 4) is 0 Å². The van der Waals surface area contributed by atoms with Crippen LogP contribution in [0.5, 0.6) is 0 Å². The molecule has 2 aliphatic rings. The molecule has 1 saturated heterocycles. The molecule has 0 spiro atoms. The molecule has 1 aliphatic heterocycles. The molecule has 96 valence electrons. The Kier molecular flexibility index (Phi) is 3.39. The summed E-state index contributed by atoms with van der Waals surface area (Å²) in [6.45, 7) is 3.71. The van der Waals surface area contributed by atoms with Crippen molar-refractivity contribution in [1.82, 2.24) is 5.32 Å². The van der Waals surface area contributed by atoms with Gasteiger partial charge in [-0.25, -0.2) is 0 Å². The molecule has 0 aromatic rings. The average Bonchev–Trinajstić information content (AvgIpc) is 2.83. The van der Waals surface area contributed by atoms with Gasteiger partial charge in [0.2, 0.25) is 5.91 Å². The lowest BCUT2D eigenvalue weighted by molar-refractivity contribution is -0.140. The molecular weight excluding hydrogens is 238 g/mol. The maximum absolute atomic E-state index is 12.0. The highest BCUT2D eigenvalue weighted by atomic mass is 32.2. The zero-order valence-corrected chi connectivity index (χ0v) is 11.0. The highest BCUT2D eigenvalue weighted by molar-refractivity contribution is 7.99. The minimum Gasteiger partial charge on any atom is -0.481 e. The van der Waals surface area contributed by atoms with E-state index < -0.39 is 11.9 Å². The van der Waals surface area contributed by atoms with Crippen molar-refractivity contribution in [2.75, 3.05) is 11.5 Å². The molecule has 1 aliphatic carbocycles. The molecule has 0 aromatic carbocycles. The summed E-state index contributed by atoms with van der Waals surface area (Å²) in [5.74, 6) is 0.381. The SMILES string of the molecule is CC1(C)C(C(=O)O)C1C(=O)NC1CCSCC1. The molecule has 2 fully saturated rings. The fraction of sp³-hybridized carbons (Fsp3) is 0.833. The Balaban J connectivity index is 1.90. The summed E-state index contributed by atoms with van der Waals surface area (Å²) < 4.78 is 0. The van der Waals surface area contributed by atoms with Crippen molar-refractivity contribution in [3.63, 3.8) is 0 Å². The summed E-state index contributed by atoms with van der Waals surface area (Å²) >= 11 is 1.91. The Labute approximate surface area is 106 Å². The third kappa shape index (κ3) is 2.44. The van der Waals surface area contributed by atoms with Crippen LogP contribution in [0.3, 0.4) is 0 Å². The van der Waals surface area contributed by atoms with Crippen LogP contribution < -0.4 is 5.32 Å². The molecule has 2 unspecified atom stereocenters. The van der Waals surface area contributed by atoms with E-state index in [2.05, 4.69) is 5.32 Å². The summed E-state index contributed by atoms with van der Waals surface area (Å²) in [7, 11) is 0. The van der Waals surface area contributed by atoms with Crippen LogP contribution in [-0.2, 0) is 9.59 Å². The van der Waals surface area contributed by atoms with Crippen LogP contribution in [0.1, 0.15) is 26.7 Å². The lowest BCUT2D eigenvalue weighted by Crippen LogP contribution is -2.39. The van der Waals surface area contributed by atoms with Gasteiger partial charge in [-0.1, -0.05) is 13.8 Å². The average molecular weight is 257 g/mol. The molecule has 2 atom stereocenters. The van der Waals surface area contributed by atoms with Crippen LogP contribution in [0.4, 0.5) is 0 Å². The van der Waals surface area contributed by atoms with Crippen molar-refractivity contribution >= 4 is 23.6 Å². The summed E-state index contributed by atoms with van der Waals surface area (Å²) in [5, 5.41) is 12.0. The highest BCUT2D eigenvalue weighted by Gasteiger charge is 2.65. The zero-order valence-electron chi connectivity index (χ0n) is 10.2. The molecular formula is C12H19NO3S. The van der Waals surface area contributed by atoms with E-state index >= 15 is 0 Å². The summed E-state index contributed by atoms with van der Waals surface area (Å²) in [6, 6.07) is 0.245. The lowest BCUT2D eigenvalue weighted by Gasteiger charge is -2.22. The molecule has 2 N–H and O–H groups in total. The molecule has 0 radical (unpaired) electrons. The molecule has 1 saturated carbocycles. The van der Waals surface area contributed by atoms with Crippen molar-refractivity contribution in [1.29, 1.82) is 0 Å². The molecule has 5 heteroatoms. The van der Waals surface area contributed by atoms with E-state index in [1.807, 2.05) is 25.6 Å². The van der Waals surface area contributed by atoms with Gasteiger partial charge >= 0.3 is 5.97 Å². The first kappa shape index (κ1) is 12.7. The number of carboxylic acid groups (broad SMARTS) is 1. The topological polar surface area (TPSA) is 66.4 Å². The number of nitrogens with one attached hydrogen (secondary N) is 1. The molecule has 1 heterocycles. The van der Waals surface area contributed by atoms with E-state index in [-0.39, 0.29) is 23.3 Å². The molecule has 0 bridgehead atoms. The van der Waals surface area contributed by atoms with Gasteiger partial charge in [0.25, 0.3) is 0 Å². The van der Waals surface area contributed by atoms with Gasteiger partial charge in [0.15, 0.2) is 0 Å². The first-order valence-corrected chi connectivity index (χ1v) is 7.21. The van der Waals surface area contributed by atoms with E-state index in [1.165, 1.54) is 0 Å². The molecule has 2 rings (SSSR count). The van der Waals surface area contributed by atoms with Crippen LogP contribution in [0.2, 0.25) is 0 Å². The van der Waals surface area contributed by atoms with Gasteiger partial charge in [-0.3, -0.25) is 9.59 Å². The number of aliphatic carboxylic acids is 1. The van der Waals surface area contributed by atoms with E-state index in [4.69, 9.17) is 5.11 Å². The van der Waals surface area contributed by atoms with Crippen molar-refractivity contribution in [2.45, 2.75) is 32.7 Å². The minimum atomic E-state index is -0.852. The van der Waals surface area contributed by atoms with Crippen molar-refractivity contribution < 1.29 is 14.7 Å². The van der Waals surface area contributed by atoms with Crippen LogP contribution in [0.25, 0.3) is 0 Å². The molecule has 4 nitrogen and oxygen atoms in total. The predicted molar refractivity (Wildman–Crippen MR) is 66.9 cm³/mol. The van der Waals surface area contributed by atoms with Crippen LogP contribution in [-0.4, -0.2) is 34.5 Å². The number of hydrogen-bond donors (Lipinski definition) is 2. The Morgan fingerprint density at radius 1 is 1.24 bits per heavy atom.